The minimum atomic E-state index is -0.773. The highest BCUT2D eigenvalue weighted by atomic mass is 32.2. The van der Waals surface area contributed by atoms with E-state index in [2.05, 4.69) is 31.9 Å². The van der Waals surface area contributed by atoms with Gasteiger partial charge in [0.25, 0.3) is 5.91 Å². The maximum absolute atomic E-state index is 14.5. The van der Waals surface area contributed by atoms with Crippen molar-refractivity contribution in [3.05, 3.63) is 94.4 Å². The number of amides is 4. The molecule has 4 aliphatic rings. The number of nitrogens with two attached hydrogens (primary N) is 1. The van der Waals surface area contributed by atoms with Crippen molar-refractivity contribution >= 4 is 52.0 Å². The number of aromatic nitrogens is 3. The Hall–Kier alpha value is -6.84. The fourth-order valence-corrected chi connectivity index (χ4v) is 11.3. The van der Waals surface area contributed by atoms with E-state index in [0.717, 1.165) is 11.5 Å². The Balaban J connectivity index is 0.761. The van der Waals surface area contributed by atoms with E-state index < -0.39 is 41.8 Å². The topological polar surface area (TPSA) is 252 Å². The van der Waals surface area contributed by atoms with E-state index >= 15 is 0 Å². The number of hydrogen-bond acceptors (Lipinski definition) is 16. The van der Waals surface area contributed by atoms with Gasteiger partial charge >= 0.3 is 0 Å². The number of anilines is 1. The standard InChI is InChI=1S/C54H66F2N12O8S/c1-32(59-3)51(71)63-48(54(73)67-17-5-6-43(67)52-62-42(31-77-52)49(70)35-7-9-37(55)10-8-35)34-13-18-66(19-14-34)21-23-75-25-24-74-22-15-46(69)60-16-20-68-44(28-57)47-36-26-45(50(58)61-29-36)76-33(2)40-27-38(56)11-12-39(40)53(72)65(4)30-41(47)64-68/h7-12,26-27,29,32-34,42-43,48,59H,5-6,13-25,30-31H2,1-4H3,(H2,58,61)(H,60,69)(H,63,71)/t32-,33+,42?,43-,48-/m0/s1. The number of halogens is 2. The minimum absolute atomic E-state index is 0.00552. The zero-order chi connectivity index (χ0) is 54.8. The van der Waals surface area contributed by atoms with E-state index in [0.29, 0.717) is 92.4 Å². The van der Waals surface area contributed by atoms with Crippen molar-refractivity contribution in [3.63, 3.8) is 0 Å². The van der Waals surface area contributed by atoms with Crippen LogP contribution in [0.5, 0.6) is 5.75 Å². The number of likely N-dealkylation sites (tertiary alicyclic amines) is 2. The van der Waals surface area contributed by atoms with Crippen LogP contribution in [0.4, 0.5) is 14.6 Å². The lowest BCUT2D eigenvalue weighted by Gasteiger charge is -2.38. The SMILES string of the molecule is CN[C@@H](C)C(=O)N[C@H](C(=O)N1CCC[C@H]1C1=NC(C(=O)c2ccc(F)cc2)CS1)C1CCN(CCOCCOCCC(=O)NCCn2nc3c(c2C#N)-c2cnc(N)c(c2)O[C@H](C)c2cc(F)ccc2C(=O)N(C)C3)CC1. The zero-order valence-corrected chi connectivity index (χ0v) is 44.6. The van der Waals surface area contributed by atoms with Gasteiger partial charge in [-0.25, -0.2) is 13.8 Å². The number of piperidine rings is 1. The lowest BCUT2D eigenvalue weighted by Crippen LogP contribution is -2.58. The molecule has 2 aromatic carbocycles. The zero-order valence-electron chi connectivity index (χ0n) is 43.8. The number of benzene rings is 2. The molecule has 0 spiro atoms. The molecule has 8 rings (SSSR count). The predicted molar refractivity (Wildman–Crippen MR) is 284 cm³/mol. The largest absolute Gasteiger partial charge is 0.482 e. The molecule has 4 aromatic rings. The minimum Gasteiger partial charge on any atom is -0.482 e. The molecule has 0 saturated carbocycles. The number of rotatable bonds is 20. The number of nitrogen functional groups attached to an aromatic ring is 1. The fraction of sp³-hybridized carbons (Fsp3) is 0.500. The van der Waals surface area contributed by atoms with Gasteiger partial charge in [-0.15, -0.1) is 11.8 Å². The first-order chi connectivity index (χ1) is 37.1. The molecule has 0 aliphatic carbocycles. The maximum Gasteiger partial charge on any atom is 0.254 e. The molecule has 20 nitrogen and oxygen atoms in total. The number of nitriles is 1. The number of ether oxygens (including phenoxy) is 3. The molecule has 0 radical (unpaired) electrons. The summed E-state index contributed by atoms with van der Waals surface area (Å²) in [5.74, 6) is -1.56. The van der Waals surface area contributed by atoms with Crippen LogP contribution in [0.2, 0.25) is 0 Å². The number of aliphatic imine (C=N–C) groups is 1. The fourth-order valence-electron chi connectivity index (χ4n) is 10.1. The molecule has 4 aliphatic heterocycles. The van der Waals surface area contributed by atoms with Crippen LogP contribution in [0, 0.1) is 28.9 Å². The third-order valence-corrected chi connectivity index (χ3v) is 15.6. The number of thioether (sulfide) groups is 1. The lowest BCUT2D eigenvalue weighted by molar-refractivity contribution is -0.138. The molecule has 4 amide bonds. The summed E-state index contributed by atoms with van der Waals surface area (Å²) >= 11 is 1.48. The Bertz CT molecular complexity index is 2870. The number of Topliss-reactive ketones (excluding diaryl/α,β-unsaturated/α-hetero) is 1. The molecule has 77 heavy (non-hydrogen) atoms. The lowest BCUT2D eigenvalue weighted by atomic mass is 9.88. The summed E-state index contributed by atoms with van der Waals surface area (Å²) < 4.78 is 47.1. The number of fused-ring (bicyclic) bond motifs is 5. The van der Waals surface area contributed by atoms with E-state index in [1.54, 1.807) is 34.0 Å². The Morgan fingerprint density at radius 3 is 2.47 bits per heavy atom. The van der Waals surface area contributed by atoms with Crippen LogP contribution in [0.1, 0.15) is 89.7 Å². The predicted octanol–water partition coefficient (Wildman–Crippen LogP) is 4.13. The first-order valence-electron chi connectivity index (χ1n) is 26.0. The Kier molecular flexibility index (Phi) is 19.0. The van der Waals surface area contributed by atoms with Gasteiger partial charge in [0.1, 0.15) is 41.6 Å². The molecule has 2 fully saturated rings. The van der Waals surface area contributed by atoms with Crippen LogP contribution in [-0.4, -0.2) is 167 Å². The van der Waals surface area contributed by atoms with Crippen molar-refractivity contribution in [2.75, 3.05) is 84.7 Å². The van der Waals surface area contributed by atoms with Crippen LogP contribution in [-0.2, 0) is 36.9 Å². The molecule has 1 unspecified atom stereocenters. The van der Waals surface area contributed by atoms with Gasteiger partial charge in [-0.1, -0.05) is 0 Å². The Labute approximate surface area is 450 Å². The third kappa shape index (κ3) is 13.7. The van der Waals surface area contributed by atoms with Crippen LogP contribution < -0.4 is 26.4 Å². The van der Waals surface area contributed by atoms with Gasteiger partial charge in [-0.2, -0.15) is 10.4 Å². The molecule has 6 heterocycles. The molecular formula is C54H66F2N12O8S. The van der Waals surface area contributed by atoms with Gasteiger partial charge in [0.2, 0.25) is 17.7 Å². The number of carbonyl (C=O) groups excluding carboxylic acids is 5. The van der Waals surface area contributed by atoms with Crippen molar-refractivity contribution in [2.24, 2.45) is 10.9 Å². The average molecular weight is 1080 g/mol. The molecule has 23 heteroatoms. The summed E-state index contributed by atoms with van der Waals surface area (Å²) in [6.07, 6.45) is 3.69. The average Bonchev–Trinajstić information content (AvgIpc) is 4.21. The Morgan fingerprint density at radius 1 is 0.987 bits per heavy atom. The van der Waals surface area contributed by atoms with E-state index in [-0.39, 0.29) is 97.6 Å². The summed E-state index contributed by atoms with van der Waals surface area (Å²) in [4.78, 5) is 82.1. The van der Waals surface area contributed by atoms with Crippen molar-refractivity contribution in [1.29, 1.82) is 5.26 Å². The molecule has 2 saturated heterocycles. The summed E-state index contributed by atoms with van der Waals surface area (Å²) in [5, 5.41) is 24.7. The molecular weight excluding hydrogens is 1010 g/mol. The smallest absolute Gasteiger partial charge is 0.254 e. The molecule has 2 bridgehead atoms. The van der Waals surface area contributed by atoms with Gasteiger partial charge in [0.05, 0.1) is 62.3 Å². The first-order valence-corrected chi connectivity index (χ1v) is 27.0. The van der Waals surface area contributed by atoms with E-state index in [1.165, 1.54) is 70.0 Å². The second-order valence-electron chi connectivity index (χ2n) is 19.6. The molecule has 2 aromatic heterocycles. The molecule has 410 valence electrons. The highest BCUT2D eigenvalue weighted by molar-refractivity contribution is 8.14. The van der Waals surface area contributed by atoms with Gasteiger partial charge in [-0.05, 0) is 114 Å². The summed E-state index contributed by atoms with van der Waals surface area (Å²) in [6, 6.07) is 11.1. The number of nitrogens with one attached hydrogen (secondary N) is 3. The number of carbonyl (C=O) groups is 5. The van der Waals surface area contributed by atoms with Crippen LogP contribution in [0.3, 0.4) is 0 Å². The van der Waals surface area contributed by atoms with Crippen molar-refractivity contribution in [3.8, 4) is 22.9 Å². The van der Waals surface area contributed by atoms with Crippen LogP contribution in [0.15, 0.2) is 59.7 Å². The monoisotopic (exact) mass is 1080 g/mol. The second kappa shape index (κ2) is 26.0. The number of hydrogen-bond donors (Lipinski definition) is 4. The number of likely N-dealkylation sites (N-methyl/N-ethyl adjacent to an activating group) is 1. The normalized spacial score (nSPS) is 19.7. The van der Waals surface area contributed by atoms with Gasteiger partial charge in [0.15, 0.2) is 17.4 Å². The van der Waals surface area contributed by atoms with Crippen molar-refractivity contribution in [2.45, 2.75) is 89.3 Å². The van der Waals surface area contributed by atoms with Crippen molar-refractivity contribution < 1.29 is 47.0 Å². The third-order valence-electron chi connectivity index (χ3n) is 14.5. The summed E-state index contributed by atoms with van der Waals surface area (Å²) in [6.45, 7) is 7.60. The molecule has 5 atom stereocenters. The maximum atomic E-state index is 14.5. The highest BCUT2D eigenvalue weighted by Crippen LogP contribution is 2.37. The van der Waals surface area contributed by atoms with Crippen molar-refractivity contribution in [1.82, 2.24) is 45.4 Å². The van der Waals surface area contributed by atoms with Gasteiger partial charge < -0.3 is 50.6 Å². The van der Waals surface area contributed by atoms with Crippen LogP contribution >= 0.6 is 11.8 Å². The van der Waals surface area contributed by atoms with E-state index in [9.17, 15) is 38.0 Å². The second-order valence-corrected chi connectivity index (χ2v) is 20.7. The number of pyridine rings is 1. The summed E-state index contributed by atoms with van der Waals surface area (Å²) in [5.41, 5.74) is 8.65. The van der Waals surface area contributed by atoms with E-state index in [1.807, 2.05) is 4.90 Å². The van der Waals surface area contributed by atoms with Gasteiger partial charge in [0, 0.05) is 72.9 Å². The Morgan fingerprint density at radius 2 is 1.73 bits per heavy atom. The quantitative estimate of drug-likeness (QED) is 0.0718. The highest BCUT2D eigenvalue weighted by Gasteiger charge is 2.43. The number of nitrogens with zero attached hydrogens (tertiary/aromatic N) is 8. The van der Waals surface area contributed by atoms with E-state index in [4.69, 9.17) is 30.0 Å². The molecule has 5 N–H and O–H groups in total. The number of ketones is 1. The van der Waals surface area contributed by atoms with Gasteiger partial charge in [-0.3, -0.25) is 33.6 Å². The van der Waals surface area contributed by atoms with Crippen LogP contribution in [0.25, 0.3) is 11.1 Å². The summed E-state index contributed by atoms with van der Waals surface area (Å²) in [7, 11) is 3.29. The first kappa shape index (κ1) is 56.4.